The summed E-state index contributed by atoms with van der Waals surface area (Å²) in [6, 6.07) is 5.90. The highest BCUT2D eigenvalue weighted by Crippen LogP contribution is 2.42. The van der Waals surface area contributed by atoms with Gasteiger partial charge in [0.05, 0.1) is 11.6 Å². The number of fused-ring (bicyclic) bond motifs is 1. The van der Waals surface area contributed by atoms with Crippen molar-refractivity contribution < 1.29 is 24.9 Å². The molecule has 1 aliphatic rings. The molecule has 1 aliphatic heterocycles. The van der Waals surface area contributed by atoms with Crippen molar-refractivity contribution in [1.82, 2.24) is 10.4 Å². The Bertz CT molecular complexity index is 653. The number of nitriles is 1. The minimum absolute atomic E-state index is 0. The van der Waals surface area contributed by atoms with Gasteiger partial charge in [0.15, 0.2) is 0 Å². The van der Waals surface area contributed by atoms with Gasteiger partial charge in [-0.1, -0.05) is 0 Å². The number of ether oxygens (including phenoxy) is 1. The first-order valence-electron chi connectivity index (χ1n) is 6.72. The lowest BCUT2D eigenvalue weighted by molar-refractivity contribution is -0.151. The second kappa shape index (κ2) is 6.64. The molecule has 2 rings (SSSR count). The van der Waals surface area contributed by atoms with Crippen LogP contribution in [-0.2, 0) is 9.59 Å². The van der Waals surface area contributed by atoms with E-state index in [1.807, 2.05) is 6.07 Å². The molecule has 0 bridgehead atoms. The Labute approximate surface area is 133 Å². The summed E-state index contributed by atoms with van der Waals surface area (Å²) in [6.45, 7) is 4.65. The highest BCUT2D eigenvalue weighted by Gasteiger charge is 2.46. The van der Waals surface area contributed by atoms with Crippen LogP contribution in [0.3, 0.4) is 0 Å². The first-order valence-corrected chi connectivity index (χ1v) is 6.72. The molecule has 8 heteroatoms. The van der Waals surface area contributed by atoms with Gasteiger partial charge in [-0.3, -0.25) is 15.0 Å². The van der Waals surface area contributed by atoms with Crippen molar-refractivity contribution in [1.29, 1.82) is 5.26 Å². The average Bonchev–Trinajstić information content (AvgIpc) is 2.46. The molecule has 0 saturated heterocycles. The van der Waals surface area contributed by atoms with Gasteiger partial charge in [-0.2, -0.15) is 5.26 Å². The molecule has 23 heavy (non-hydrogen) atoms. The number of aliphatic hydroxyl groups excluding tert-OH is 1. The lowest BCUT2D eigenvalue weighted by atomic mass is 9.85. The second-order valence-corrected chi connectivity index (χ2v) is 5.60. The van der Waals surface area contributed by atoms with E-state index < -0.39 is 23.7 Å². The van der Waals surface area contributed by atoms with Gasteiger partial charge in [0, 0.05) is 12.5 Å². The van der Waals surface area contributed by atoms with Crippen LogP contribution in [-0.4, -0.2) is 39.6 Å². The van der Waals surface area contributed by atoms with Gasteiger partial charge < -0.3 is 15.3 Å². The first-order chi connectivity index (χ1) is 10.3. The van der Waals surface area contributed by atoms with Crippen LogP contribution in [0, 0.1) is 11.3 Å². The maximum absolute atomic E-state index is 11.8. The van der Waals surface area contributed by atoms with Crippen LogP contribution in [0.1, 0.15) is 37.9 Å². The summed E-state index contributed by atoms with van der Waals surface area (Å²) in [5.74, 6) is 0.0143. The molecule has 8 nitrogen and oxygen atoms in total. The lowest BCUT2D eigenvalue weighted by Crippen LogP contribution is -2.57. The van der Waals surface area contributed by atoms with Gasteiger partial charge in [0.2, 0.25) is 12.3 Å². The molecule has 2 unspecified atom stereocenters. The number of benzene rings is 1. The predicted molar refractivity (Wildman–Crippen MR) is 79.9 cm³/mol. The summed E-state index contributed by atoms with van der Waals surface area (Å²) in [4.78, 5) is 22.6. The number of amides is 2. The third kappa shape index (κ3) is 3.26. The van der Waals surface area contributed by atoms with Crippen molar-refractivity contribution >= 4 is 12.3 Å². The zero-order valence-corrected chi connectivity index (χ0v) is 13.0. The van der Waals surface area contributed by atoms with Crippen LogP contribution in [0.5, 0.6) is 5.75 Å². The number of aliphatic hydroxyl groups is 1. The molecule has 0 saturated carbocycles. The van der Waals surface area contributed by atoms with Crippen LogP contribution >= 0.6 is 0 Å². The predicted octanol–water partition coefficient (Wildman–Crippen LogP) is -0.184. The highest BCUT2D eigenvalue weighted by molar-refractivity contribution is 5.75. The van der Waals surface area contributed by atoms with E-state index in [0.717, 1.165) is 5.01 Å². The third-order valence-corrected chi connectivity index (χ3v) is 3.65. The zero-order chi connectivity index (χ0) is 16.5. The molecular weight excluding hydrogens is 302 g/mol. The number of carbonyl (C=O) groups excluding carboxylic acids is 2. The number of nitrogens with zero attached hydrogens (tertiary/aromatic N) is 2. The average molecular weight is 321 g/mol. The van der Waals surface area contributed by atoms with Crippen molar-refractivity contribution in [2.75, 3.05) is 0 Å². The van der Waals surface area contributed by atoms with Crippen molar-refractivity contribution in [3.05, 3.63) is 29.3 Å². The molecule has 4 N–H and O–H groups in total. The van der Waals surface area contributed by atoms with Gasteiger partial charge in [-0.05, 0) is 32.0 Å². The third-order valence-electron chi connectivity index (χ3n) is 3.65. The summed E-state index contributed by atoms with van der Waals surface area (Å²) in [5.41, 5.74) is 2.17. The Hall–Kier alpha value is -2.63. The van der Waals surface area contributed by atoms with Gasteiger partial charge >= 0.3 is 0 Å². The Balaban J connectivity index is 0.00000264. The van der Waals surface area contributed by atoms with Crippen LogP contribution in [0.4, 0.5) is 0 Å². The quantitative estimate of drug-likeness (QED) is 0.588. The van der Waals surface area contributed by atoms with E-state index in [9.17, 15) is 14.7 Å². The molecule has 2 amide bonds. The maximum atomic E-state index is 11.8. The highest BCUT2D eigenvalue weighted by atomic mass is 16.5. The van der Waals surface area contributed by atoms with E-state index in [1.165, 1.54) is 6.92 Å². The normalized spacial score (nSPS) is 20.8. The molecule has 0 spiro atoms. The number of nitrogens with one attached hydrogen (secondary N) is 1. The number of hydrogen-bond acceptors (Lipinski definition) is 5. The van der Waals surface area contributed by atoms with E-state index in [1.54, 1.807) is 32.0 Å². The molecule has 124 valence electrons. The molecule has 0 fully saturated rings. The number of hydrogen-bond donors (Lipinski definition) is 2. The van der Waals surface area contributed by atoms with Gasteiger partial charge in [0.1, 0.15) is 23.5 Å². The number of rotatable bonds is 3. The Morgan fingerprint density at radius 3 is 2.70 bits per heavy atom. The second-order valence-electron chi connectivity index (χ2n) is 5.60. The van der Waals surface area contributed by atoms with E-state index in [-0.39, 0.29) is 5.48 Å². The van der Waals surface area contributed by atoms with Crippen molar-refractivity contribution in [2.24, 2.45) is 0 Å². The first kappa shape index (κ1) is 18.4. The molecule has 0 aromatic heterocycles. The maximum Gasteiger partial charge on any atom is 0.238 e. The Kier molecular flexibility index (Phi) is 5.32. The monoisotopic (exact) mass is 321 g/mol. The van der Waals surface area contributed by atoms with Gasteiger partial charge in [-0.15, -0.1) is 0 Å². The zero-order valence-electron chi connectivity index (χ0n) is 13.0. The van der Waals surface area contributed by atoms with Crippen LogP contribution in [0.15, 0.2) is 18.2 Å². The van der Waals surface area contributed by atoms with E-state index >= 15 is 0 Å². The van der Waals surface area contributed by atoms with Crippen LogP contribution < -0.4 is 10.2 Å². The van der Waals surface area contributed by atoms with Crippen LogP contribution in [0.2, 0.25) is 0 Å². The van der Waals surface area contributed by atoms with Crippen LogP contribution in [0.25, 0.3) is 0 Å². The summed E-state index contributed by atoms with van der Waals surface area (Å²) in [6.07, 6.45) is -0.727. The van der Waals surface area contributed by atoms with E-state index in [2.05, 4.69) is 5.43 Å². The minimum Gasteiger partial charge on any atom is -0.485 e. The van der Waals surface area contributed by atoms with E-state index in [4.69, 9.17) is 10.00 Å². The fraction of sp³-hybridized carbons (Fsp3) is 0.400. The fourth-order valence-corrected chi connectivity index (χ4v) is 2.54. The Morgan fingerprint density at radius 2 is 2.17 bits per heavy atom. The number of hydrazine groups is 1. The molecular formula is C15H19N3O5. The lowest BCUT2D eigenvalue weighted by Gasteiger charge is -2.45. The minimum atomic E-state index is -1.09. The van der Waals surface area contributed by atoms with Crippen molar-refractivity contribution in [2.45, 2.75) is 38.5 Å². The topological polar surface area (TPSA) is 134 Å². The molecule has 2 atom stereocenters. The van der Waals surface area contributed by atoms with E-state index in [0.29, 0.717) is 23.3 Å². The molecule has 1 aromatic rings. The smallest absolute Gasteiger partial charge is 0.238 e. The van der Waals surface area contributed by atoms with Crippen molar-refractivity contribution in [3.63, 3.8) is 0 Å². The number of carbonyl (C=O) groups is 2. The molecule has 0 aliphatic carbocycles. The summed E-state index contributed by atoms with van der Waals surface area (Å²) < 4.78 is 5.76. The molecule has 0 radical (unpaired) electrons. The van der Waals surface area contributed by atoms with Gasteiger partial charge in [-0.25, -0.2) is 5.01 Å². The SMILES string of the molecule is CC(=O)N(NC=O)C1c2cc(C#N)ccc2OC(C)(C)C1O.O. The van der Waals surface area contributed by atoms with Gasteiger partial charge in [0.25, 0.3) is 0 Å². The summed E-state index contributed by atoms with van der Waals surface area (Å²) >= 11 is 0. The fourth-order valence-electron chi connectivity index (χ4n) is 2.54. The molecule has 1 heterocycles. The largest absolute Gasteiger partial charge is 0.485 e. The summed E-state index contributed by atoms with van der Waals surface area (Å²) in [7, 11) is 0. The Morgan fingerprint density at radius 1 is 1.52 bits per heavy atom. The summed E-state index contributed by atoms with van der Waals surface area (Å²) in [5, 5.41) is 20.7. The standard InChI is InChI=1S/C15H17N3O4.H2O/c1-9(20)18(17-8-19)13-11-6-10(7-16)4-5-12(11)22-15(2,3)14(13)21;/h4-6,8,13-14,21H,1-3H3,(H,17,19);1H2. The van der Waals surface area contributed by atoms with Crippen molar-refractivity contribution in [3.8, 4) is 11.8 Å². The molecule has 1 aromatic carbocycles.